The smallest absolute Gasteiger partial charge is 0.251 e. The number of amides is 1. The van der Waals surface area contributed by atoms with Gasteiger partial charge in [-0.25, -0.2) is 4.39 Å². The second kappa shape index (κ2) is 8.97. The van der Waals surface area contributed by atoms with E-state index in [1.165, 1.54) is 12.1 Å². The molecule has 3 rings (SSSR count). The molecule has 1 saturated heterocycles. The van der Waals surface area contributed by atoms with Gasteiger partial charge < -0.3 is 15.0 Å². The first kappa shape index (κ1) is 19.3. The van der Waals surface area contributed by atoms with Gasteiger partial charge in [0.15, 0.2) is 0 Å². The van der Waals surface area contributed by atoms with Crippen molar-refractivity contribution < 1.29 is 13.9 Å². The van der Waals surface area contributed by atoms with E-state index in [0.717, 1.165) is 37.5 Å². The molecule has 0 bridgehead atoms. The van der Waals surface area contributed by atoms with Gasteiger partial charge in [0.1, 0.15) is 11.6 Å². The maximum atomic E-state index is 13.4. The molecule has 0 aromatic heterocycles. The molecule has 2 aromatic rings. The Morgan fingerprint density at radius 1 is 1.15 bits per heavy atom. The highest BCUT2D eigenvalue weighted by Crippen LogP contribution is 2.24. The van der Waals surface area contributed by atoms with Gasteiger partial charge in [-0.05, 0) is 42.9 Å². The lowest BCUT2D eigenvalue weighted by Gasteiger charge is -2.38. The molecular weight excluding hydrogens is 345 g/mol. The average molecular weight is 371 g/mol. The lowest BCUT2D eigenvalue weighted by molar-refractivity contribution is 0.0886. The van der Waals surface area contributed by atoms with Crippen LogP contribution in [0.5, 0.6) is 5.75 Å². The second-order valence-electron chi connectivity index (χ2n) is 6.85. The summed E-state index contributed by atoms with van der Waals surface area (Å²) >= 11 is 0. The Morgan fingerprint density at radius 3 is 2.48 bits per heavy atom. The number of rotatable bonds is 6. The van der Waals surface area contributed by atoms with E-state index in [2.05, 4.69) is 22.2 Å². The number of benzene rings is 2. The van der Waals surface area contributed by atoms with Crippen LogP contribution in [0.3, 0.4) is 0 Å². The van der Waals surface area contributed by atoms with Gasteiger partial charge in [-0.2, -0.15) is 0 Å². The van der Waals surface area contributed by atoms with Crippen molar-refractivity contribution in [1.29, 1.82) is 0 Å². The molecule has 2 aromatic carbocycles. The number of likely N-dealkylation sites (N-methyl/N-ethyl adjacent to an activating group) is 1. The first-order chi connectivity index (χ1) is 13.1. The number of nitrogens with zero attached hydrogens (tertiary/aromatic N) is 2. The van der Waals surface area contributed by atoms with E-state index in [9.17, 15) is 9.18 Å². The topological polar surface area (TPSA) is 44.8 Å². The van der Waals surface area contributed by atoms with E-state index >= 15 is 0 Å². The molecule has 1 aliphatic rings. The molecule has 0 aliphatic carbocycles. The van der Waals surface area contributed by atoms with Crippen molar-refractivity contribution in [2.75, 3.05) is 46.9 Å². The highest BCUT2D eigenvalue weighted by Gasteiger charge is 2.24. The van der Waals surface area contributed by atoms with Gasteiger partial charge in [0.2, 0.25) is 0 Å². The Balaban J connectivity index is 1.73. The maximum Gasteiger partial charge on any atom is 0.251 e. The number of hydrogen-bond acceptors (Lipinski definition) is 4. The molecule has 5 nitrogen and oxygen atoms in total. The molecular formula is C21H26FN3O2. The Labute approximate surface area is 159 Å². The summed E-state index contributed by atoms with van der Waals surface area (Å²) in [6, 6.07) is 13.8. The molecule has 1 aliphatic heterocycles. The minimum absolute atomic E-state index is 0.0575. The average Bonchev–Trinajstić information content (AvgIpc) is 2.69. The Hall–Kier alpha value is -2.44. The summed E-state index contributed by atoms with van der Waals surface area (Å²) in [7, 11) is 3.76. The molecule has 1 fully saturated rings. The van der Waals surface area contributed by atoms with Crippen LogP contribution < -0.4 is 10.1 Å². The molecule has 1 N–H and O–H groups in total. The first-order valence-electron chi connectivity index (χ1n) is 9.17. The lowest BCUT2D eigenvalue weighted by Crippen LogP contribution is -2.48. The number of ether oxygens (including phenoxy) is 1. The molecule has 0 spiro atoms. The van der Waals surface area contributed by atoms with Gasteiger partial charge in [-0.3, -0.25) is 9.69 Å². The van der Waals surface area contributed by atoms with E-state index in [4.69, 9.17) is 4.74 Å². The molecule has 1 amide bonds. The SMILES string of the molecule is COc1ccc(C(CNC(=O)c2cccc(F)c2)N2CCN(C)CC2)cc1. The second-order valence-corrected chi connectivity index (χ2v) is 6.85. The van der Waals surface area contributed by atoms with Crippen LogP contribution in [0.2, 0.25) is 0 Å². The maximum absolute atomic E-state index is 13.4. The van der Waals surface area contributed by atoms with Gasteiger partial charge >= 0.3 is 0 Å². The third-order valence-corrected chi connectivity index (χ3v) is 5.02. The predicted molar refractivity (Wildman–Crippen MR) is 104 cm³/mol. The Bertz CT molecular complexity index is 758. The van der Waals surface area contributed by atoms with E-state index in [-0.39, 0.29) is 11.9 Å². The molecule has 1 atom stereocenters. The molecule has 6 heteroatoms. The highest BCUT2D eigenvalue weighted by atomic mass is 19.1. The molecule has 0 saturated carbocycles. The van der Waals surface area contributed by atoms with Crippen LogP contribution in [0.1, 0.15) is 22.0 Å². The van der Waals surface area contributed by atoms with E-state index < -0.39 is 5.82 Å². The number of halogens is 1. The number of carbonyl (C=O) groups excluding carboxylic acids is 1. The van der Waals surface area contributed by atoms with Crippen LogP contribution in [-0.4, -0.2) is 62.6 Å². The van der Waals surface area contributed by atoms with Crippen molar-refractivity contribution in [2.45, 2.75) is 6.04 Å². The van der Waals surface area contributed by atoms with E-state index in [1.807, 2.05) is 24.3 Å². The summed E-state index contributed by atoms with van der Waals surface area (Å²) in [6.45, 7) is 4.31. The fourth-order valence-corrected chi connectivity index (χ4v) is 3.34. The largest absolute Gasteiger partial charge is 0.497 e. The fourth-order valence-electron chi connectivity index (χ4n) is 3.34. The molecule has 1 heterocycles. The van der Waals surface area contributed by atoms with Gasteiger partial charge in [0, 0.05) is 38.3 Å². The summed E-state index contributed by atoms with van der Waals surface area (Å²) < 4.78 is 18.6. The van der Waals surface area contributed by atoms with Crippen molar-refractivity contribution in [3.05, 3.63) is 65.5 Å². The van der Waals surface area contributed by atoms with Gasteiger partial charge in [-0.15, -0.1) is 0 Å². The zero-order chi connectivity index (χ0) is 19.2. The number of carbonyl (C=O) groups is 1. The summed E-state index contributed by atoms with van der Waals surface area (Å²) in [5.41, 5.74) is 1.46. The van der Waals surface area contributed by atoms with Crippen molar-refractivity contribution in [3.8, 4) is 5.75 Å². The summed E-state index contributed by atoms with van der Waals surface area (Å²) in [5, 5.41) is 2.97. The lowest BCUT2D eigenvalue weighted by atomic mass is 10.0. The van der Waals surface area contributed by atoms with E-state index in [1.54, 1.807) is 19.2 Å². The number of methoxy groups -OCH3 is 1. The molecule has 1 unspecified atom stereocenters. The van der Waals surface area contributed by atoms with Crippen LogP contribution in [0.4, 0.5) is 4.39 Å². The molecule has 27 heavy (non-hydrogen) atoms. The zero-order valence-corrected chi connectivity index (χ0v) is 15.8. The number of piperazine rings is 1. The zero-order valence-electron chi connectivity index (χ0n) is 15.8. The van der Waals surface area contributed by atoms with Crippen molar-refractivity contribution in [3.63, 3.8) is 0 Å². The van der Waals surface area contributed by atoms with E-state index in [0.29, 0.717) is 12.1 Å². The van der Waals surface area contributed by atoms with Crippen LogP contribution in [0.15, 0.2) is 48.5 Å². The highest BCUT2D eigenvalue weighted by molar-refractivity contribution is 5.94. The van der Waals surface area contributed by atoms with Gasteiger partial charge in [0.25, 0.3) is 5.91 Å². The fraction of sp³-hybridized carbons (Fsp3) is 0.381. The molecule has 0 radical (unpaired) electrons. The molecule has 144 valence electrons. The minimum Gasteiger partial charge on any atom is -0.497 e. The first-order valence-corrected chi connectivity index (χ1v) is 9.17. The normalized spacial score (nSPS) is 16.7. The summed E-state index contributed by atoms with van der Waals surface area (Å²) in [6.07, 6.45) is 0. The standard InChI is InChI=1S/C21H26FN3O2/c1-24-10-12-25(13-11-24)20(16-6-8-19(27-2)9-7-16)15-23-21(26)17-4-3-5-18(22)14-17/h3-9,14,20H,10-13,15H2,1-2H3,(H,23,26). The van der Waals surface area contributed by atoms with Crippen LogP contribution >= 0.6 is 0 Å². The predicted octanol–water partition coefficient (Wildman–Crippen LogP) is 2.55. The van der Waals surface area contributed by atoms with Gasteiger partial charge in [-0.1, -0.05) is 18.2 Å². The van der Waals surface area contributed by atoms with Crippen LogP contribution in [0.25, 0.3) is 0 Å². The van der Waals surface area contributed by atoms with Crippen molar-refractivity contribution >= 4 is 5.91 Å². The minimum atomic E-state index is -0.409. The third-order valence-electron chi connectivity index (χ3n) is 5.02. The Kier molecular flexibility index (Phi) is 6.42. The third kappa shape index (κ3) is 5.05. The summed E-state index contributed by atoms with van der Waals surface area (Å²) in [4.78, 5) is 17.1. The van der Waals surface area contributed by atoms with Crippen LogP contribution in [-0.2, 0) is 0 Å². The Morgan fingerprint density at radius 2 is 1.85 bits per heavy atom. The number of nitrogens with one attached hydrogen (secondary N) is 1. The summed E-state index contributed by atoms with van der Waals surface area (Å²) in [5.74, 6) is 0.134. The monoisotopic (exact) mass is 371 g/mol. The number of hydrogen-bond donors (Lipinski definition) is 1. The van der Waals surface area contributed by atoms with Gasteiger partial charge in [0.05, 0.1) is 13.2 Å². The van der Waals surface area contributed by atoms with Crippen LogP contribution in [0, 0.1) is 5.82 Å². The van der Waals surface area contributed by atoms with Crippen molar-refractivity contribution in [2.24, 2.45) is 0 Å². The quantitative estimate of drug-likeness (QED) is 0.848. The van der Waals surface area contributed by atoms with Crippen molar-refractivity contribution in [1.82, 2.24) is 15.1 Å².